The van der Waals surface area contributed by atoms with E-state index in [0.717, 1.165) is 5.52 Å². The Morgan fingerprint density at radius 1 is 1.26 bits per heavy atom. The number of allylic oxidation sites excluding steroid dienone is 2. The Labute approximate surface area is 243 Å². The quantitative estimate of drug-likeness (QED) is 0.0671. The minimum absolute atomic E-state index is 0.0925. The van der Waals surface area contributed by atoms with Gasteiger partial charge in [0.25, 0.3) is 5.91 Å². The van der Waals surface area contributed by atoms with Gasteiger partial charge in [-0.3, -0.25) is 10.1 Å². The van der Waals surface area contributed by atoms with Crippen LogP contribution < -0.4 is 11.1 Å². The van der Waals surface area contributed by atoms with Crippen molar-refractivity contribution >= 4 is 34.8 Å². The number of benzene rings is 1. The Morgan fingerprint density at radius 3 is 2.71 bits per heavy atom. The lowest BCUT2D eigenvalue weighted by atomic mass is 10.2. The SMILES string of the molecule is C/C=C(\CN(C/C=C/Cn1c(N)nc2cc(C(=O)OC)ccc21)/C(=N\OC)NC(=O)c1oc(C)nc1CC)OCCO. The first kappa shape index (κ1) is 31.7. The number of nitrogens with one attached hydrogen (secondary N) is 1. The molecule has 1 amide bonds. The van der Waals surface area contributed by atoms with Crippen LogP contribution in [0.25, 0.3) is 11.0 Å². The van der Waals surface area contributed by atoms with Gasteiger partial charge < -0.3 is 39.0 Å². The zero-order valence-corrected chi connectivity index (χ0v) is 24.4. The van der Waals surface area contributed by atoms with Crippen LogP contribution in [0.5, 0.6) is 0 Å². The number of aliphatic hydroxyl groups excluding tert-OH is 1. The largest absolute Gasteiger partial charge is 0.494 e. The number of oxime groups is 1. The first-order valence-electron chi connectivity index (χ1n) is 13.3. The number of aryl methyl sites for hydroxylation is 2. The van der Waals surface area contributed by atoms with Gasteiger partial charge in [0, 0.05) is 20.0 Å². The molecular formula is C28H37N7O7. The van der Waals surface area contributed by atoms with Gasteiger partial charge in [-0.25, -0.2) is 14.8 Å². The zero-order chi connectivity index (χ0) is 30.6. The highest BCUT2D eigenvalue weighted by Crippen LogP contribution is 2.20. The summed E-state index contributed by atoms with van der Waals surface area (Å²) in [6, 6.07) is 5.04. The van der Waals surface area contributed by atoms with Crippen molar-refractivity contribution in [1.29, 1.82) is 0 Å². The predicted octanol–water partition coefficient (Wildman–Crippen LogP) is 2.38. The van der Waals surface area contributed by atoms with Crippen LogP contribution in [0.1, 0.15) is 46.3 Å². The van der Waals surface area contributed by atoms with E-state index in [0.29, 0.717) is 41.4 Å². The second-order valence-corrected chi connectivity index (χ2v) is 8.87. The standard InChI is InChI=1S/C28H37N7O7/c1-6-20(41-15-14-36)17-34(28(33-40-5)32-25(37)24-21(7-2)30-18(3)42-24)12-8-9-13-35-23-11-10-19(26(38)39-4)16-22(23)31-27(35)29/h6,8-11,16,36H,7,12-15,17H2,1-5H3,(H2,29,31)(H,32,33,37)/b9-8+,20-6+. The van der Waals surface area contributed by atoms with Crippen LogP contribution in [0.2, 0.25) is 0 Å². The summed E-state index contributed by atoms with van der Waals surface area (Å²) in [7, 11) is 2.69. The first-order chi connectivity index (χ1) is 20.3. The zero-order valence-electron chi connectivity index (χ0n) is 24.4. The molecule has 0 aliphatic heterocycles. The Kier molecular flexibility index (Phi) is 11.5. The molecule has 4 N–H and O–H groups in total. The number of anilines is 1. The third kappa shape index (κ3) is 7.87. The van der Waals surface area contributed by atoms with Gasteiger partial charge in [-0.2, -0.15) is 0 Å². The maximum atomic E-state index is 13.1. The van der Waals surface area contributed by atoms with Gasteiger partial charge in [0.05, 0.1) is 42.6 Å². The van der Waals surface area contributed by atoms with Gasteiger partial charge in [-0.1, -0.05) is 19.1 Å². The number of oxazole rings is 1. The van der Waals surface area contributed by atoms with Crippen LogP contribution in [0, 0.1) is 6.92 Å². The number of esters is 1. The second-order valence-electron chi connectivity index (χ2n) is 8.87. The van der Waals surface area contributed by atoms with E-state index >= 15 is 0 Å². The number of nitrogen functional groups attached to an aromatic ring is 1. The van der Waals surface area contributed by atoms with E-state index in [1.807, 2.05) is 19.1 Å². The van der Waals surface area contributed by atoms with Gasteiger partial charge in [-0.15, -0.1) is 0 Å². The number of amides is 1. The number of rotatable bonds is 13. The normalized spacial score (nSPS) is 12.1. The average Bonchev–Trinajstić information content (AvgIpc) is 3.53. The van der Waals surface area contributed by atoms with Crippen LogP contribution >= 0.6 is 0 Å². The van der Waals surface area contributed by atoms with Crippen molar-refractivity contribution in [2.75, 3.05) is 46.3 Å². The molecule has 14 nitrogen and oxygen atoms in total. The van der Waals surface area contributed by atoms with Gasteiger partial charge >= 0.3 is 5.97 Å². The number of imidazole rings is 1. The Hall–Kier alpha value is -4.85. The van der Waals surface area contributed by atoms with Gasteiger partial charge in [-0.05, 0) is 42.8 Å². The third-order valence-corrected chi connectivity index (χ3v) is 6.07. The third-order valence-electron chi connectivity index (χ3n) is 6.07. The second kappa shape index (κ2) is 15.2. The fourth-order valence-electron chi connectivity index (χ4n) is 4.07. The summed E-state index contributed by atoms with van der Waals surface area (Å²) in [6.45, 7) is 6.15. The number of carbonyl (C=O) groups is 2. The molecule has 2 heterocycles. The van der Waals surface area contributed by atoms with Crippen LogP contribution in [0.15, 0.2) is 51.8 Å². The van der Waals surface area contributed by atoms with E-state index in [-0.39, 0.29) is 44.0 Å². The fraction of sp³-hybridized carbons (Fsp3) is 0.393. The number of hydrogen-bond donors (Lipinski definition) is 3. The number of fused-ring (bicyclic) bond motifs is 1. The Morgan fingerprint density at radius 2 is 2.05 bits per heavy atom. The smallest absolute Gasteiger partial charge is 0.337 e. The maximum absolute atomic E-state index is 13.1. The molecule has 3 aromatic rings. The summed E-state index contributed by atoms with van der Waals surface area (Å²) in [6.07, 6.45) is 6.01. The molecule has 0 atom stereocenters. The van der Waals surface area contributed by atoms with Crippen molar-refractivity contribution in [3.05, 3.63) is 65.1 Å². The summed E-state index contributed by atoms with van der Waals surface area (Å²) in [5, 5.41) is 16.0. The van der Waals surface area contributed by atoms with E-state index in [9.17, 15) is 14.7 Å². The van der Waals surface area contributed by atoms with E-state index in [4.69, 9.17) is 24.5 Å². The van der Waals surface area contributed by atoms with Crippen molar-refractivity contribution in [3.8, 4) is 0 Å². The number of ether oxygens (including phenoxy) is 2. The fourth-order valence-corrected chi connectivity index (χ4v) is 4.07. The molecule has 14 heteroatoms. The Balaban J connectivity index is 1.83. The lowest BCUT2D eigenvalue weighted by molar-refractivity contribution is 0.0600. The number of hydrogen-bond acceptors (Lipinski definition) is 11. The van der Waals surface area contributed by atoms with E-state index in [1.54, 1.807) is 47.6 Å². The lowest BCUT2D eigenvalue weighted by Gasteiger charge is -2.25. The molecule has 0 fully saturated rings. The number of carbonyl (C=O) groups excluding carboxylic acids is 2. The van der Waals surface area contributed by atoms with Crippen LogP contribution in [0.3, 0.4) is 0 Å². The minimum Gasteiger partial charge on any atom is -0.494 e. The van der Waals surface area contributed by atoms with Gasteiger partial charge in [0.15, 0.2) is 5.89 Å². The minimum atomic E-state index is -0.528. The van der Waals surface area contributed by atoms with E-state index in [1.165, 1.54) is 14.2 Å². The van der Waals surface area contributed by atoms with E-state index < -0.39 is 11.9 Å². The number of aromatic nitrogens is 3. The van der Waals surface area contributed by atoms with Crippen LogP contribution in [-0.2, 0) is 27.3 Å². The molecule has 42 heavy (non-hydrogen) atoms. The molecule has 3 rings (SSSR count). The van der Waals surface area contributed by atoms with Gasteiger partial charge in [0.1, 0.15) is 19.5 Å². The number of aliphatic hydroxyl groups is 1. The number of nitrogens with two attached hydrogens (primary N) is 1. The topological polar surface area (TPSA) is 180 Å². The van der Waals surface area contributed by atoms with Crippen LogP contribution in [0.4, 0.5) is 5.95 Å². The van der Waals surface area contributed by atoms with Gasteiger partial charge in [0.2, 0.25) is 17.7 Å². The summed E-state index contributed by atoms with van der Waals surface area (Å²) in [4.78, 5) is 40.4. The molecule has 0 unspecified atom stereocenters. The molecule has 0 spiro atoms. The first-order valence-corrected chi connectivity index (χ1v) is 13.3. The van der Waals surface area contributed by atoms with Crippen LogP contribution in [-0.4, -0.2) is 82.9 Å². The predicted molar refractivity (Wildman–Crippen MR) is 156 cm³/mol. The highest BCUT2D eigenvalue weighted by molar-refractivity contribution is 6.04. The molecule has 0 aliphatic carbocycles. The van der Waals surface area contributed by atoms with Crippen molar-refractivity contribution in [2.24, 2.45) is 5.16 Å². The number of methoxy groups -OCH3 is 1. The van der Waals surface area contributed by atoms with Crippen molar-refractivity contribution in [3.63, 3.8) is 0 Å². The summed E-state index contributed by atoms with van der Waals surface area (Å²) >= 11 is 0. The molecule has 226 valence electrons. The molecule has 0 saturated heterocycles. The highest BCUT2D eigenvalue weighted by Gasteiger charge is 2.23. The molecular weight excluding hydrogens is 546 g/mol. The molecule has 1 aromatic carbocycles. The van der Waals surface area contributed by atoms with Crippen molar-refractivity contribution in [1.82, 2.24) is 24.8 Å². The van der Waals surface area contributed by atoms with E-state index in [2.05, 4.69) is 20.4 Å². The number of guanidine groups is 1. The number of nitrogens with zero attached hydrogens (tertiary/aromatic N) is 5. The van der Waals surface area contributed by atoms with Crippen molar-refractivity contribution < 1.29 is 33.4 Å². The molecule has 0 bridgehead atoms. The summed E-state index contributed by atoms with van der Waals surface area (Å²) in [5.74, 6) is 0.422. The lowest BCUT2D eigenvalue weighted by Crippen LogP contribution is -2.45. The van der Waals surface area contributed by atoms with Crippen molar-refractivity contribution in [2.45, 2.75) is 33.7 Å². The molecule has 0 aliphatic rings. The average molecular weight is 584 g/mol. The Bertz CT molecular complexity index is 1470. The molecule has 2 aromatic heterocycles. The molecule has 0 saturated carbocycles. The summed E-state index contributed by atoms with van der Waals surface area (Å²) in [5.41, 5.74) is 8.37. The maximum Gasteiger partial charge on any atom is 0.337 e. The molecule has 0 radical (unpaired) electrons. The highest BCUT2D eigenvalue weighted by atomic mass is 16.6. The monoisotopic (exact) mass is 583 g/mol. The summed E-state index contributed by atoms with van der Waals surface area (Å²) < 4.78 is 17.7.